The average molecular weight is 899 g/mol. The summed E-state index contributed by atoms with van der Waals surface area (Å²) in [6.07, 6.45) is 62.8. The minimum absolute atomic E-state index is 0.0728. The van der Waals surface area contributed by atoms with Crippen molar-refractivity contribution < 1.29 is 28.6 Å². The number of esters is 3. The quantitative estimate of drug-likeness (QED) is 0.0262. The highest BCUT2D eigenvalue weighted by molar-refractivity contribution is 5.71. The summed E-state index contributed by atoms with van der Waals surface area (Å²) in [6, 6.07) is 0. The maximum Gasteiger partial charge on any atom is 0.306 e. The summed E-state index contributed by atoms with van der Waals surface area (Å²) in [7, 11) is 0. The molecule has 0 aliphatic rings. The van der Waals surface area contributed by atoms with Crippen molar-refractivity contribution in [1.29, 1.82) is 0 Å². The van der Waals surface area contributed by atoms with Gasteiger partial charge in [-0.25, -0.2) is 0 Å². The Morgan fingerprint density at radius 2 is 0.562 bits per heavy atom. The molecule has 64 heavy (non-hydrogen) atoms. The second-order valence-corrected chi connectivity index (χ2v) is 18.8. The Balaban J connectivity index is 4.22. The molecule has 0 aromatic carbocycles. The van der Waals surface area contributed by atoms with E-state index in [2.05, 4.69) is 57.2 Å². The molecule has 0 bridgehead atoms. The van der Waals surface area contributed by atoms with Gasteiger partial charge in [-0.15, -0.1) is 0 Å². The number of hydrogen-bond acceptors (Lipinski definition) is 6. The molecule has 0 heterocycles. The van der Waals surface area contributed by atoms with Crippen molar-refractivity contribution in [1.82, 2.24) is 0 Å². The van der Waals surface area contributed by atoms with E-state index in [0.29, 0.717) is 19.3 Å². The van der Waals surface area contributed by atoms with Crippen LogP contribution in [-0.2, 0) is 28.6 Å². The van der Waals surface area contributed by atoms with E-state index in [1.54, 1.807) is 0 Å². The lowest BCUT2D eigenvalue weighted by molar-refractivity contribution is -0.167. The number of hydrogen-bond donors (Lipinski definition) is 0. The highest BCUT2D eigenvalue weighted by Gasteiger charge is 2.19. The van der Waals surface area contributed by atoms with Crippen LogP contribution in [-0.4, -0.2) is 37.2 Å². The Morgan fingerprint density at radius 1 is 0.312 bits per heavy atom. The van der Waals surface area contributed by atoms with Crippen LogP contribution in [0.15, 0.2) is 36.5 Å². The molecule has 374 valence electrons. The third-order valence-electron chi connectivity index (χ3n) is 12.4. The largest absolute Gasteiger partial charge is 0.462 e. The number of unbranched alkanes of at least 4 members (excludes halogenated alkanes) is 34. The molecule has 1 unspecified atom stereocenters. The SMILES string of the molecule is CCCCC/C=C\CCCCCCCC(=O)OC(COC(=O)CCCCCCCCCCCCC)COC(=O)CCCCCCCCCCCCC/C=C\C/C=C\CCCCCCC. The van der Waals surface area contributed by atoms with E-state index in [9.17, 15) is 14.4 Å². The first-order valence-corrected chi connectivity index (χ1v) is 28.0. The van der Waals surface area contributed by atoms with Crippen LogP contribution >= 0.6 is 0 Å². The smallest absolute Gasteiger partial charge is 0.306 e. The van der Waals surface area contributed by atoms with Gasteiger partial charge in [-0.05, 0) is 77.0 Å². The van der Waals surface area contributed by atoms with Crippen LogP contribution in [0.2, 0.25) is 0 Å². The Morgan fingerprint density at radius 3 is 0.906 bits per heavy atom. The summed E-state index contributed by atoms with van der Waals surface area (Å²) in [6.45, 7) is 6.62. The van der Waals surface area contributed by atoms with Gasteiger partial charge in [-0.1, -0.05) is 237 Å². The van der Waals surface area contributed by atoms with E-state index in [1.165, 1.54) is 186 Å². The zero-order valence-electron chi connectivity index (χ0n) is 42.8. The van der Waals surface area contributed by atoms with Crippen molar-refractivity contribution in [2.45, 2.75) is 303 Å². The van der Waals surface area contributed by atoms with Crippen LogP contribution in [0.4, 0.5) is 0 Å². The molecule has 0 amide bonds. The zero-order valence-corrected chi connectivity index (χ0v) is 42.8. The molecule has 0 aromatic heterocycles. The fourth-order valence-electron chi connectivity index (χ4n) is 8.12. The Labute approximate surface area is 397 Å². The van der Waals surface area contributed by atoms with Gasteiger partial charge in [-0.3, -0.25) is 14.4 Å². The molecule has 0 aliphatic carbocycles. The van der Waals surface area contributed by atoms with Crippen LogP contribution in [0, 0.1) is 0 Å². The van der Waals surface area contributed by atoms with E-state index in [1.807, 2.05) is 0 Å². The molecule has 0 aliphatic heterocycles. The van der Waals surface area contributed by atoms with Crippen molar-refractivity contribution in [3.63, 3.8) is 0 Å². The van der Waals surface area contributed by atoms with Gasteiger partial charge in [0.2, 0.25) is 0 Å². The highest BCUT2D eigenvalue weighted by Crippen LogP contribution is 2.16. The molecular formula is C58H106O6. The third-order valence-corrected chi connectivity index (χ3v) is 12.4. The van der Waals surface area contributed by atoms with Gasteiger partial charge in [0.1, 0.15) is 13.2 Å². The van der Waals surface area contributed by atoms with Crippen LogP contribution in [0.3, 0.4) is 0 Å². The molecule has 6 heteroatoms. The molecule has 0 aromatic rings. The van der Waals surface area contributed by atoms with Gasteiger partial charge in [0.25, 0.3) is 0 Å². The lowest BCUT2D eigenvalue weighted by Gasteiger charge is -2.18. The summed E-state index contributed by atoms with van der Waals surface area (Å²) in [5.74, 6) is -0.872. The Bertz CT molecular complexity index is 1080. The standard InChI is InChI=1S/C58H106O6/c1-4-7-10-13-16-19-22-24-25-26-27-28-29-30-31-32-33-34-37-39-42-45-48-51-57(60)63-54-55(53-62-56(59)50-47-44-41-38-35-21-18-15-12-9-6-3)64-58(61)52-49-46-43-40-36-23-20-17-14-11-8-5-2/h17,20,22,24,26-27,55H,4-16,18-19,21,23,25,28-54H2,1-3H3/b20-17-,24-22-,27-26-. The van der Waals surface area contributed by atoms with Gasteiger partial charge in [0, 0.05) is 19.3 Å². The molecule has 0 saturated carbocycles. The molecule has 0 spiro atoms. The second kappa shape index (κ2) is 53.2. The Kier molecular flexibility index (Phi) is 51.3. The van der Waals surface area contributed by atoms with Crippen LogP contribution in [0.25, 0.3) is 0 Å². The maximum atomic E-state index is 12.8. The fourth-order valence-corrected chi connectivity index (χ4v) is 8.12. The molecule has 0 N–H and O–H groups in total. The summed E-state index contributed by atoms with van der Waals surface area (Å²) in [5.41, 5.74) is 0. The number of carbonyl (C=O) groups is 3. The van der Waals surface area contributed by atoms with Crippen LogP contribution < -0.4 is 0 Å². The normalized spacial score (nSPS) is 12.2. The minimum atomic E-state index is -0.772. The van der Waals surface area contributed by atoms with Crippen molar-refractivity contribution >= 4 is 17.9 Å². The van der Waals surface area contributed by atoms with E-state index >= 15 is 0 Å². The van der Waals surface area contributed by atoms with Crippen molar-refractivity contribution in [2.24, 2.45) is 0 Å². The van der Waals surface area contributed by atoms with Gasteiger partial charge in [0.05, 0.1) is 0 Å². The molecule has 0 radical (unpaired) electrons. The average Bonchev–Trinajstić information content (AvgIpc) is 3.29. The number of carbonyl (C=O) groups excluding carboxylic acids is 3. The third kappa shape index (κ3) is 50.6. The number of rotatable bonds is 51. The van der Waals surface area contributed by atoms with Crippen LogP contribution in [0.1, 0.15) is 297 Å². The Hall–Kier alpha value is -2.37. The minimum Gasteiger partial charge on any atom is -0.462 e. The number of ether oxygens (including phenoxy) is 3. The van der Waals surface area contributed by atoms with Crippen molar-refractivity contribution in [3.05, 3.63) is 36.5 Å². The van der Waals surface area contributed by atoms with Crippen LogP contribution in [0.5, 0.6) is 0 Å². The zero-order chi connectivity index (χ0) is 46.5. The molecular weight excluding hydrogens is 793 g/mol. The van der Waals surface area contributed by atoms with Gasteiger partial charge in [0.15, 0.2) is 6.10 Å². The van der Waals surface area contributed by atoms with Crippen molar-refractivity contribution in [2.75, 3.05) is 13.2 Å². The predicted molar refractivity (Wildman–Crippen MR) is 275 cm³/mol. The lowest BCUT2D eigenvalue weighted by atomic mass is 10.0. The second-order valence-electron chi connectivity index (χ2n) is 18.8. The van der Waals surface area contributed by atoms with E-state index in [-0.39, 0.29) is 31.1 Å². The first-order valence-electron chi connectivity index (χ1n) is 28.0. The first-order chi connectivity index (χ1) is 31.5. The topological polar surface area (TPSA) is 78.9 Å². The first kappa shape index (κ1) is 61.6. The summed E-state index contributed by atoms with van der Waals surface area (Å²) in [4.78, 5) is 38.0. The lowest BCUT2D eigenvalue weighted by Crippen LogP contribution is -2.30. The molecule has 6 nitrogen and oxygen atoms in total. The van der Waals surface area contributed by atoms with E-state index < -0.39 is 6.10 Å². The monoisotopic (exact) mass is 899 g/mol. The van der Waals surface area contributed by atoms with E-state index in [0.717, 1.165) is 70.6 Å². The summed E-state index contributed by atoms with van der Waals surface area (Å²) in [5, 5.41) is 0. The highest BCUT2D eigenvalue weighted by atomic mass is 16.6. The van der Waals surface area contributed by atoms with E-state index in [4.69, 9.17) is 14.2 Å². The van der Waals surface area contributed by atoms with Gasteiger partial charge >= 0.3 is 17.9 Å². The predicted octanol–water partition coefficient (Wildman–Crippen LogP) is 18.5. The number of allylic oxidation sites excluding steroid dienone is 6. The molecule has 0 fully saturated rings. The fraction of sp³-hybridized carbons (Fsp3) is 0.845. The van der Waals surface area contributed by atoms with Crippen molar-refractivity contribution in [3.8, 4) is 0 Å². The molecule has 1 atom stereocenters. The van der Waals surface area contributed by atoms with Gasteiger partial charge in [-0.2, -0.15) is 0 Å². The maximum absolute atomic E-state index is 12.8. The van der Waals surface area contributed by atoms with Gasteiger partial charge < -0.3 is 14.2 Å². The molecule has 0 rings (SSSR count). The summed E-state index contributed by atoms with van der Waals surface area (Å²) < 4.78 is 16.8. The summed E-state index contributed by atoms with van der Waals surface area (Å²) >= 11 is 0. The molecule has 0 saturated heterocycles.